The summed E-state index contributed by atoms with van der Waals surface area (Å²) in [5.74, 6) is -0.787. The maximum absolute atomic E-state index is 13.5. The Labute approximate surface area is 291 Å². The molecule has 6 rings (SSSR count). The van der Waals surface area contributed by atoms with Crippen LogP contribution in [0.4, 0.5) is 11.4 Å². The van der Waals surface area contributed by atoms with E-state index in [1.54, 1.807) is 6.07 Å². The second kappa shape index (κ2) is 15.0. The van der Waals surface area contributed by atoms with E-state index in [9.17, 15) is 23.3 Å². The molecule has 0 unspecified atom stereocenters. The summed E-state index contributed by atoms with van der Waals surface area (Å²) in [5, 5.41) is 11.9. The van der Waals surface area contributed by atoms with E-state index in [0.29, 0.717) is 23.4 Å². The van der Waals surface area contributed by atoms with Crippen molar-refractivity contribution < 1.29 is 18.1 Å². The lowest BCUT2D eigenvalue weighted by Crippen LogP contribution is -2.46. The van der Waals surface area contributed by atoms with Gasteiger partial charge in [0.25, 0.3) is 21.6 Å². The van der Waals surface area contributed by atoms with Gasteiger partial charge in [-0.25, -0.2) is 13.1 Å². The number of benzene rings is 5. The van der Waals surface area contributed by atoms with Gasteiger partial charge in [-0.1, -0.05) is 84.4 Å². The fourth-order valence-electron chi connectivity index (χ4n) is 6.10. The number of rotatable bonds is 11. The number of nitro benzene ring substituents is 1. The minimum Gasteiger partial charge on any atom is -0.369 e. The molecule has 1 fully saturated rings. The number of hydrogen-bond acceptors (Lipinski definition) is 7. The molecule has 1 aliphatic rings. The first kappa shape index (κ1) is 33.9. The molecular formula is C38H35ClN4O5S. The van der Waals surface area contributed by atoms with Gasteiger partial charge in [-0.05, 0) is 77.1 Å². The van der Waals surface area contributed by atoms with Gasteiger partial charge in [0.2, 0.25) is 0 Å². The quantitative estimate of drug-likeness (QED) is 0.116. The van der Waals surface area contributed by atoms with E-state index in [1.807, 2.05) is 72.8 Å². The summed E-state index contributed by atoms with van der Waals surface area (Å²) >= 11 is 6.12. The normalized spacial score (nSPS) is 13.6. The molecule has 0 bridgehead atoms. The Morgan fingerprint density at radius 1 is 0.776 bits per heavy atom. The molecule has 0 radical (unpaired) electrons. The third-order valence-electron chi connectivity index (χ3n) is 8.73. The Morgan fingerprint density at radius 2 is 1.49 bits per heavy atom. The van der Waals surface area contributed by atoms with Gasteiger partial charge in [0.1, 0.15) is 0 Å². The number of halogens is 1. The highest BCUT2D eigenvalue weighted by Gasteiger charge is 2.24. The lowest BCUT2D eigenvalue weighted by molar-refractivity contribution is -0.385. The van der Waals surface area contributed by atoms with Crippen molar-refractivity contribution in [1.29, 1.82) is 0 Å². The van der Waals surface area contributed by atoms with E-state index >= 15 is 0 Å². The second-order valence-electron chi connectivity index (χ2n) is 11.9. The van der Waals surface area contributed by atoms with Crippen molar-refractivity contribution in [2.75, 3.05) is 31.1 Å². The molecule has 1 saturated heterocycles. The molecule has 5 aromatic rings. The van der Waals surface area contributed by atoms with Crippen LogP contribution in [0.15, 0.2) is 126 Å². The van der Waals surface area contributed by atoms with E-state index in [2.05, 4.69) is 32.7 Å². The number of piperazine rings is 1. The first-order valence-electron chi connectivity index (χ1n) is 16.0. The van der Waals surface area contributed by atoms with E-state index in [-0.39, 0.29) is 16.1 Å². The molecule has 49 heavy (non-hydrogen) atoms. The second-order valence-corrected chi connectivity index (χ2v) is 14.1. The Kier molecular flexibility index (Phi) is 10.4. The predicted molar refractivity (Wildman–Crippen MR) is 192 cm³/mol. The van der Waals surface area contributed by atoms with Crippen LogP contribution >= 0.6 is 11.6 Å². The number of non-ortho nitro benzene ring substituents is 1. The lowest BCUT2D eigenvalue weighted by Gasteiger charge is -2.36. The molecule has 5 aromatic carbocycles. The van der Waals surface area contributed by atoms with Crippen molar-refractivity contribution in [2.45, 2.75) is 24.3 Å². The minimum atomic E-state index is -4.36. The van der Waals surface area contributed by atoms with E-state index in [4.69, 9.17) is 11.6 Å². The Bertz CT molecular complexity index is 2070. The van der Waals surface area contributed by atoms with E-state index in [0.717, 1.165) is 55.6 Å². The minimum absolute atomic E-state index is 0.242. The van der Waals surface area contributed by atoms with Crippen LogP contribution in [0.5, 0.6) is 0 Å². The zero-order chi connectivity index (χ0) is 34.4. The van der Waals surface area contributed by atoms with E-state index < -0.39 is 20.9 Å². The molecule has 1 amide bonds. The van der Waals surface area contributed by atoms with Crippen molar-refractivity contribution in [3.63, 3.8) is 0 Å². The molecule has 9 nitrogen and oxygen atoms in total. The van der Waals surface area contributed by atoms with Crippen molar-refractivity contribution in [3.8, 4) is 11.1 Å². The van der Waals surface area contributed by atoms with Crippen molar-refractivity contribution in [3.05, 3.63) is 159 Å². The van der Waals surface area contributed by atoms with E-state index in [1.165, 1.54) is 29.3 Å². The Balaban J connectivity index is 1.18. The average molecular weight is 695 g/mol. The Hall–Kier alpha value is -5.03. The highest BCUT2D eigenvalue weighted by atomic mass is 35.5. The van der Waals surface area contributed by atoms with Gasteiger partial charge in [0.15, 0.2) is 0 Å². The summed E-state index contributed by atoms with van der Waals surface area (Å²) in [6, 6.07) is 36.3. The van der Waals surface area contributed by atoms with Gasteiger partial charge in [-0.3, -0.25) is 19.8 Å². The SMILES string of the molecule is O=C(NS(=O)(=O)c1cccc([N+](=O)[O-])c1)c1ccc(N2CCN(Cc3ccccc3-c3ccc(Cl)cc3)CC2)cc1CCc1ccccc1. The molecular weight excluding hydrogens is 660 g/mol. The monoisotopic (exact) mass is 694 g/mol. The number of anilines is 1. The van der Waals surface area contributed by atoms with Crippen LogP contribution < -0.4 is 9.62 Å². The van der Waals surface area contributed by atoms with Crippen LogP contribution in [0.1, 0.15) is 27.0 Å². The predicted octanol–water partition coefficient (Wildman–Crippen LogP) is 7.14. The first-order chi connectivity index (χ1) is 23.7. The molecule has 0 atom stereocenters. The molecule has 0 aliphatic carbocycles. The van der Waals surface area contributed by atoms with Crippen LogP contribution in [0, 0.1) is 10.1 Å². The van der Waals surface area contributed by atoms with Gasteiger partial charge in [0, 0.05) is 61.1 Å². The standard InChI is InChI=1S/C38H35ClN4O5S/c39-32-17-15-29(16-18-32)36-12-5-4-9-31(36)27-41-21-23-42(24-22-41)33-19-20-37(30(25-33)14-13-28-7-2-1-3-8-28)38(44)40-49(47,48)35-11-6-10-34(26-35)43(45)46/h1-12,15-20,25-26H,13-14,21-24,27H2,(H,40,44). The Morgan fingerprint density at radius 3 is 2.22 bits per heavy atom. The molecule has 250 valence electrons. The van der Waals surface area contributed by atoms with Crippen LogP contribution in [-0.4, -0.2) is 50.3 Å². The number of aryl methyl sites for hydroxylation is 2. The summed E-state index contributed by atoms with van der Waals surface area (Å²) < 4.78 is 28.3. The van der Waals surface area contributed by atoms with Crippen LogP contribution in [0.3, 0.4) is 0 Å². The van der Waals surface area contributed by atoms with Crippen molar-refractivity contribution >= 4 is 38.9 Å². The first-order valence-corrected chi connectivity index (χ1v) is 17.8. The van der Waals surface area contributed by atoms with Gasteiger partial charge >= 0.3 is 0 Å². The number of carbonyl (C=O) groups excluding carboxylic acids is 1. The molecule has 11 heteroatoms. The molecule has 1 N–H and O–H groups in total. The number of amides is 1. The summed E-state index contributed by atoms with van der Waals surface area (Å²) in [6.07, 6.45) is 1.17. The zero-order valence-corrected chi connectivity index (χ0v) is 28.2. The molecule has 1 heterocycles. The third kappa shape index (κ3) is 8.34. The fraction of sp³-hybridized carbons (Fsp3) is 0.184. The molecule has 0 spiro atoms. The maximum Gasteiger partial charge on any atom is 0.270 e. The topological polar surface area (TPSA) is 113 Å². The van der Waals surface area contributed by atoms with Gasteiger partial charge in [0.05, 0.1) is 9.82 Å². The number of nitro groups is 1. The number of hydrogen-bond donors (Lipinski definition) is 1. The highest BCUT2D eigenvalue weighted by Crippen LogP contribution is 2.28. The average Bonchev–Trinajstić information content (AvgIpc) is 3.12. The lowest BCUT2D eigenvalue weighted by atomic mass is 9.98. The van der Waals surface area contributed by atoms with Crippen LogP contribution in [0.2, 0.25) is 5.02 Å². The van der Waals surface area contributed by atoms with Gasteiger partial charge in [-0.2, -0.15) is 0 Å². The molecule has 0 saturated carbocycles. The zero-order valence-electron chi connectivity index (χ0n) is 26.7. The van der Waals surface area contributed by atoms with Gasteiger partial charge in [-0.15, -0.1) is 0 Å². The number of carbonyl (C=O) groups is 1. The van der Waals surface area contributed by atoms with Crippen LogP contribution in [0.25, 0.3) is 11.1 Å². The smallest absolute Gasteiger partial charge is 0.270 e. The summed E-state index contributed by atoms with van der Waals surface area (Å²) in [7, 11) is -4.36. The molecule has 1 aliphatic heterocycles. The molecule has 0 aromatic heterocycles. The maximum atomic E-state index is 13.5. The van der Waals surface area contributed by atoms with Crippen LogP contribution in [-0.2, 0) is 29.4 Å². The van der Waals surface area contributed by atoms with Gasteiger partial charge < -0.3 is 4.90 Å². The summed E-state index contributed by atoms with van der Waals surface area (Å²) in [6.45, 7) is 4.07. The largest absolute Gasteiger partial charge is 0.369 e. The number of nitrogens with one attached hydrogen (secondary N) is 1. The highest BCUT2D eigenvalue weighted by molar-refractivity contribution is 7.90. The summed E-state index contributed by atoms with van der Waals surface area (Å²) in [4.78, 5) is 28.4. The number of nitrogens with zero attached hydrogens (tertiary/aromatic N) is 3. The summed E-state index contributed by atoms with van der Waals surface area (Å²) in [5.41, 5.74) is 6.19. The third-order valence-corrected chi connectivity index (χ3v) is 10.3. The van der Waals surface area contributed by atoms with Crippen molar-refractivity contribution in [1.82, 2.24) is 9.62 Å². The van der Waals surface area contributed by atoms with Crippen molar-refractivity contribution in [2.24, 2.45) is 0 Å². The number of sulfonamides is 1. The fourth-order valence-corrected chi connectivity index (χ4v) is 7.23.